The first-order chi connectivity index (χ1) is 11.2. The number of carbonyl (C=O) groups excluding carboxylic acids is 1. The predicted octanol–water partition coefficient (Wildman–Crippen LogP) is 1.87. The number of pyridine rings is 1. The minimum Gasteiger partial charge on any atom is -0.496 e. The SMILES string of the molecule is COc1cc(OC)c(OC)cc1C=NNC(=O)c1ccccn1. The Morgan fingerprint density at radius 1 is 1.09 bits per heavy atom. The summed E-state index contributed by atoms with van der Waals surface area (Å²) in [6.45, 7) is 0. The Morgan fingerprint density at radius 3 is 2.39 bits per heavy atom. The highest BCUT2D eigenvalue weighted by Gasteiger charge is 2.10. The van der Waals surface area contributed by atoms with E-state index in [1.165, 1.54) is 33.7 Å². The van der Waals surface area contributed by atoms with Crippen LogP contribution in [0.5, 0.6) is 17.2 Å². The van der Waals surface area contributed by atoms with Gasteiger partial charge in [0.1, 0.15) is 11.4 Å². The number of nitrogens with one attached hydrogen (secondary N) is 1. The normalized spacial score (nSPS) is 10.4. The molecule has 1 N–H and O–H groups in total. The zero-order valence-corrected chi connectivity index (χ0v) is 13.1. The number of carbonyl (C=O) groups is 1. The molecule has 0 saturated heterocycles. The van der Waals surface area contributed by atoms with Crippen molar-refractivity contribution < 1.29 is 19.0 Å². The summed E-state index contributed by atoms with van der Waals surface area (Å²) in [5, 5.41) is 3.92. The van der Waals surface area contributed by atoms with Crippen LogP contribution in [0.3, 0.4) is 0 Å². The molecule has 120 valence electrons. The highest BCUT2D eigenvalue weighted by molar-refractivity contribution is 5.93. The lowest BCUT2D eigenvalue weighted by Crippen LogP contribution is -2.18. The van der Waals surface area contributed by atoms with Crippen molar-refractivity contribution in [2.24, 2.45) is 5.10 Å². The highest BCUT2D eigenvalue weighted by Crippen LogP contribution is 2.33. The van der Waals surface area contributed by atoms with Gasteiger partial charge in [-0.15, -0.1) is 0 Å². The molecule has 1 amide bonds. The van der Waals surface area contributed by atoms with Crippen LogP contribution < -0.4 is 19.6 Å². The average Bonchev–Trinajstić information content (AvgIpc) is 2.61. The van der Waals surface area contributed by atoms with E-state index >= 15 is 0 Å². The molecule has 7 heteroatoms. The van der Waals surface area contributed by atoms with Gasteiger partial charge in [-0.3, -0.25) is 9.78 Å². The second-order valence-electron chi connectivity index (χ2n) is 4.36. The minimum atomic E-state index is -0.402. The van der Waals surface area contributed by atoms with Gasteiger partial charge in [-0.25, -0.2) is 5.43 Å². The Balaban J connectivity index is 2.17. The topological polar surface area (TPSA) is 82.0 Å². The van der Waals surface area contributed by atoms with E-state index in [2.05, 4.69) is 15.5 Å². The molecule has 2 rings (SSSR count). The molecule has 0 spiro atoms. The summed E-state index contributed by atoms with van der Waals surface area (Å²) in [7, 11) is 4.61. The Kier molecular flexibility index (Phi) is 5.51. The second-order valence-corrected chi connectivity index (χ2v) is 4.36. The van der Waals surface area contributed by atoms with Crippen LogP contribution in [0, 0.1) is 0 Å². The summed E-state index contributed by atoms with van der Waals surface area (Å²) < 4.78 is 15.7. The van der Waals surface area contributed by atoms with E-state index in [0.29, 0.717) is 22.8 Å². The number of amides is 1. The Bertz CT molecular complexity index is 702. The van der Waals surface area contributed by atoms with Crippen molar-refractivity contribution in [3.8, 4) is 17.2 Å². The van der Waals surface area contributed by atoms with Gasteiger partial charge in [-0.05, 0) is 18.2 Å². The number of hydrogen-bond donors (Lipinski definition) is 1. The van der Waals surface area contributed by atoms with Crippen LogP contribution in [0.2, 0.25) is 0 Å². The van der Waals surface area contributed by atoms with E-state index in [1.807, 2.05) is 0 Å². The fraction of sp³-hybridized carbons (Fsp3) is 0.188. The third-order valence-corrected chi connectivity index (χ3v) is 3.00. The van der Waals surface area contributed by atoms with Crippen molar-refractivity contribution >= 4 is 12.1 Å². The summed E-state index contributed by atoms with van der Waals surface area (Å²) in [4.78, 5) is 15.8. The highest BCUT2D eigenvalue weighted by atomic mass is 16.5. The molecule has 1 aromatic heterocycles. The summed E-state index contributed by atoms with van der Waals surface area (Å²) in [6.07, 6.45) is 3.00. The van der Waals surface area contributed by atoms with Crippen molar-refractivity contribution in [2.75, 3.05) is 21.3 Å². The Hall–Kier alpha value is -3.09. The number of hydrogen-bond acceptors (Lipinski definition) is 6. The van der Waals surface area contributed by atoms with Gasteiger partial charge in [0.05, 0.1) is 27.5 Å². The lowest BCUT2D eigenvalue weighted by Gasteiger charge is -2.11. The largest absolute Gasteiger partial charge is 0.496 e. The van der Waals surface area contributed by atoms with Crippen LogP contribution in [0.4, 0.5) is 0 Å². The Labute approximate surface area is 133 Å². The van der Waals surface area contributed by atoms with Crippen LogP contribution in [0.1, 0.15) is 16.1 Å². The molecule has 0 bridgehead atoms. The van der Waals surface area contributed by atoms with Gasteiger partial charge in [0.25, 0.3) is 5.91 Å². The standard InChI is InChI=1S/C16H17N3O4/c1-21-13-9-15(23-3)14(22-2)8-11(13)10-18-19-16(20)12-6-4-5-7-17-12/h4-10H,1-3H3,(H,19,20). The van der Waals surface area contributed by atoms with Crippen molar-refractivity contribution in [3.63, 3.8) is 0 Å². The zero-order valence-electron chi connectivity index (χ0n) is 13.1. The van der Waals surface area contributed by atoms with Crippen molar-refractivity contribution in [1.29, 1.82) is 0 Å². The lowest BCUT2D eigenvalue weighted by molar-refractivity contribution is 0.0950. The predicted molar refractivity (Wildman–Crippen MR) is 85.4 cm³/mol. The molecular formula is C16H17N3O4. The fourth-order valence-electron chi connectivity index (χ4n) is 1.87. The lowest BCUT2D eigenvalue weighted by atomic mass is 10.2. The van der Waals surface area contributed by atoms with E-state index in [4.69, 9.17) is 14.2 Å². The number of methoxy groups -OCH3 is 3. The number of aromatic nitrogens is 1. The molecule has 0 radical (unpaired) electrons. The number of nitrogens with zero attached hydrogens (tertiary/aromatic N) is 2. The van der Waals surface area contributed by atoms with Crippen molar-refractivity contribution in [2.45, 2.75) is 0 Å². The number of hydrazone groups is 1. The van der Waals surface area contributed by atoms with Crippen molar-refractivity contribution in [3.05, 3.63) is 47.8 Å². The van der Waals surface area contributed by atoms with Crippen LogP contribution in [-0.2, 0) is 0 Å². The molecule has 23 heavy (non-hydrogen) atoms. The summed E-state index contributed by atoms with van der Waals surface area (Å²) in [5.74, 6) is 1.21. The Morgan fingerprint density at radius 2 is 1.78 bits per heavy atom. The van der Waals surface area contributed by atoms with Gasteiger partial charge in [-0.1, -0.05) is 6.07 Å². The van der Waals surface area contributed by atoms with Crippen LogP contribution in [-0.4, -0.2) is 38.4 Å². The molecule has 0 unspecified atom stereocenters. The molecule has 0 saturated carbocycles. The first-order valence-electron chi connectivity index (χ1n) is 6.74. The molecule has 7 nitrogen and oxygen atoms in total. The van der Waals surface area contributed by atoms with E-state index in [1.54, 1.807) is 30.3 Å². The summed E-state index contributed by atoms with van der Waals surface area (Å²) >= 11 is 0. The molecule has 1 heterocycles. The average molecular weight is 315 g/mol. The van der Waals surface area contributed by atoms with Gasteiger partial charge in [0, 0.05) is 17.8 Å². The number of benzene rings is 1. The molecular weight excluding hydrogens is 298 g/mol. The van der Waals surface area contributed by atoms with E-state index in [0.717, 1.165) is 0 Å². The monoisotopic (exact) mass is 315 g/mol. The minimum absolute atomic E-state index is 0.281. The van der Waals surface area contributed by atoms with E-state index in [-0.39, 0.29) is 5.69 Å². The molecule has 0 aliphatic heterocycles. The first-order valence-corrected chi connectivity index (χ1v) is 6.74. The zero-order chi connectivity index (χ0) is 16.7. The molecule has 0 fully saturated rings. The fourth-order valence-corrected chi connectivity index (χ4v) is 1.87. The number of rotatable bonds is 6. The third kappa shape index (κ3) is 3.97. The van der Waals surface area contributed by atoms with Gasteiger partial charge < -0.3 is 14.2 Å². The van der Waals surface area contributed by atoms with Gasteiger partial charge in [-0.2, -0.15) is 5.10 Å². The maximum atomic E-state index is 11.8. The van der Waals surface area contributed by atoms with E-state index < -0.39 is 5.91 Å². The third-order valence-electron chi connectivity index (χ3n) is 3.00. The molecule has 1 aromatic carbocycles. The molecule has 0 atom stereocenters. The molecule has 2 aromatic rings. The first kappa shape index (κ1) is 16.3. The number of ether oxygens (including phenoxy) is 3. The maximum absolute atomic E-state index is 11.8. The van der Waals surface area contributed by atoms with Crippen LogP contribution in [0.15, 0.2) is 41.6 Å². The van der Waals surface area contributed by atoms with E-state index in [9.17, 15) is 4.79 Å². The summed E-state index contributed by atoms with van der Waals surface area (Å²) in [5.41, 5.74) is 3.32. The quantitative estimate of drug-likeness (QED) is 0.650. The van der Waals surface area contributed by atoms with Crippen molar-refractivity contribution in [1.82, 2.24) is 10.4 Å². The second kappa shape index (κ2) is 7.79. The molecule has 0 aliphatic carbocycles. The molecule has 0 aliphatic rings. The van der Waals surface area contributed by atoms with Gasteiger partial charge in [0.15, 0.2) is 11.5 Å². The van der Waals surface area contributed by atoms with Crippen LogP contribution in [0.25, 0.3) is 0 Å². The summed E-state index contributed by atoms with van der Waals surface area (Å²) in [6, 6.07) is 8.44. The van der Waals surface area contributed by atoms with Gasteiger partial charge in [0.2, 0.25) is 0 Å². The maximum Gasteiger partial charge on any atom is 0.289 e. The smallest absolute Gasteiger partial charge is 0.289 e. The van der Waals surface area contributed by atoms with Crippen LogP contribution >= 0.6 is 0 Å². The van der Waals surface area contributed by atoms with Gasteiger partial charge >= 0.3 is 0 Å².